The zero-order chi connectivity index (χ0) is 27.5. The van der Waals surface area contributed by atoms with Crippen LogP contribution >= 0.6 is 11.3 Å². The van der Waals surface area contributed by atoms with E-state index >= 15 is 0 Å². The van der Waals surface area contributed by atoms with E-state index in [-0.39, 0.29) is 16.7 Å². The molecule has 4 aromatic rings. The highest BCUT2D eigenvalue weighted by atomic mass is 32.1. The maximum absolute atomic E-state index is 13.6. The average Bonchev–Trinajstić information content (AvgIpc) is 3.46. The highest BCUT2D eigenvalue weighted by molar-refractivity contribution is 7.22. The number of carbonyl (C=O) groups is 2. The predicted octanol–water partition coefficient (Wildman–Crippen LogP) is 6.05. The van der Waals surface area contributed by atoms with Crippen LogP contribution in [0.3, 0.4) is 0 Å². The van der Waals surface area contributed by atoms with Gasteiger partial charge in [-0.3, -0.25) is 14.5 Å². The van der Waals surface area contributed by atoms with Crippen molar-refractivity contribution in [3.63, 3.8) is 0 Å². The molecule has 0 saturated carbocycles. The summed E-state index contributed by atoms with van der Waals surface area (Å²) >= 11 is 1.35. The van der Waals surface area contributed by atoms with Crippen molar-refractivity contribution in [3.8, 4) is 5.75 Å². The number of hydrogen-bond donors (Lipinski definition) is 1. The van der Waals surface area contributed by atoms with E-state index in [1.165, 1.54) is 16.2 Å². The fourth-order valence-electron chi connectivity index (χ4n) is 5.13. The predicted molar refractivity (Wildman–Crippen MR) is 155 cm³/mol. The lowest BCUT2D eigenvalue weighted by Crippen LogP contribution is -2.29. The number of para-hydroxylation sites is 1. The number of fused-ring (bicyclic) bond motifs is 2. The molecular weight excluding hydrogens is 510 g/mol. The van der Waals surface area contributed by atoms with Crippen LogP contribution in [0.25, 0.3) is 16.0 Å². The van der Waals surface area contributed by atoms with Gasteiger partial charge in [-0.05, 0) is 46.9 Å². The normalized spacial score (nSPS) is 18.9. The maximum atomic E-state index is 13.6. The highest BCUT2D eigenvalue weighted by Gasteiger charge is 2.48. The third-order valence-corrected chi connectivity index (χ3v) is 8.39. The Morgan fingerprint density at radius 1 is 1.05 bits per heavy atom. The number of benzene rings is 3. The number of amides is 1. The summed E-state index contributed by atoms with van der Waals surface area (Å²) in [6.45, 7) is 7.68. The first-order valence-corrected chi connectivity index (χ1v) is 13.7. The van der Waals surface area contributed by atoms with Crippen molar-refractivity contribution in [2.24, 2.45) is 0 Å². The van der Waals surface area contributed by atoms with Crippen LogP contribution in [-0.2, 0) is 15.0 Å². The number of Topliss-reactive ketones (excluding diaryl/α,β-unsaturated/α-hetero) is 1. The van der Waals surface area contributed by atoms with Crippen molar-refractivity contribution >= 4 is 49.8 Å². The Balaban J connectivity index is 1.53. The van der Waals surface area contributed by atoms with Crippen LogP contribution in [0.5, 0.6) is 5.75 Å². The number of nitrogens with zero attached hydrogens (tertiary/aromatic N) is 3. The lowest BCUT2D eigenvalue weighted by atomic mass is 9.85. The number of likely N-dealkylation sites (N-methyl/N-ethyl adjacent to an activating group) is 1. The smallest absolute Gasteiger partial charge is 0.301 e. The summed E-state index contributed by atoms with van der Waals surface area (Å²) in [6, 6.07) is 20.0. The Morgan fingerprint density at radius 3 is 2.51 bits per heavy atom. The largest absolute Gasteiger partial charge is 0.507 e. The Hall–Kier alpha value is -4.17. The van der Waals surface area contributed by atoms with Crippen molar-refractivity contribution < 1.29 is 19.4 Å². The lowest BCUT2D eigenvalue weighted by molar-refractivity contribution is -0.132. The van der Waals surface area contributed by atoms with Gasteiger partial charge < -0.3 is 14.7 Å². The average molecular weight is 540 g/mol. The van der Waals surface area contributed by atoms with Gasteiger partial charge >= 0.3 is 5.91 Å². The van der Waals surface area contributed by atoms with Crippen LogP contribution in [-0.4, -0.2) is 42.0 Å². The van der Waals surface area contributed by atoms with E-state index in [2.05, 4.69) is 20.8 Å². The van der Waals surface area contributed by atoms with Crippen LogP contribution in [0, 0.1) is 0 Å². The number of aliphatic hydroxyl groups excluding tert-OH is 1. The van der Waals surface area contributed by atoms with Crippen molar-refractivity contribution in [1.29, 1.82) is 0 Å². The third-order valence-electron chi connectivity index (χ3n) is 7.35. The summed E-state index contributed by atoms with van der Waals surface area (Å²) in [5.74, 6) is -0.953. The molecule has 2 aliphatic rings. The molecule has 3 aromatic carbocycles. The van der Waals surface area contributed by atoms with E-state index < -0.39 is 17.7 Å². The molecule has 1 amide bonds. The summed E-state index contributed by atoms with van der Waals surface area (Å²) in [7, 11) is 1.95. The molecule has 0 aliphatic carbocycles. The molecular formula is C31H29N3O4S. The van der Waals surface area contributed by atoms with Gasteiger partial charge in [0.15, 0.2) is 5.13 Å². The van der Waals surface area contributed by atoms with Gasteiger partial charge in [-0.1, -0.05) is 68.5 Å². The van der Waals surface area contributed by atoms with E-state index in [1.807, 2.05) is 60.5 Å². The summed E-state index contributed by atoms with van der Waals surface area (Å²) < 4.78 is 6.66. The Labute approximate surface area is 231 Å². The number of aliphatic hydroxyl groups is 1. The number of carbonyl (C=O) groups excluding carboxylic acids is 2. The molecule has 1 N–H and O–H groups in total. The molecule has 198 valence electrons. The molecule has 1 aromatic heterocycles. The first-order valence-electron chi connectivity index (χ1n) is 12.9. The number of anilines is 2. The second-order valence-electron chi connectivity index (χ2n) is 11.0. The maximum Gasteiger partial charge on any atom is 0.301 e. The molecule has 1 unspecified atom stereocenters. The molecule has 8 heteroatoms. The molecule has 6 rings (SSSR count). The minimum atomic E-state index is -0.829. The Morgan fingerprint density at radius 2 is 1.79 bits per heavy atom. The molecule has 3 heterocycles. The minimum absolute atomic E-state index is 0.0436. The molecule has 0 bridgehead atoms. The lowest BCUT2D eigenvalue weighted by Gasteiger charge is -2.28. The second-order valence-corrected chi connectivity index (χ2v) is 12.0. The van der Waals surface area contributed by atoms with Crippen molar-refractivity contribution in [3.05, 3.63) is 89.0 Å². The first kappa shape index (κ1) is 25.1. The quantitative estimate of drug-likeness (QED) is 0.194. The van der Waals surface area contributed by atoms with E-state index in [4.69, 9.17) is 9.72 Å². The van der Waals surface area contributed by atoms with Gasteiger partial charge in [-0.15, -0.1) is 0 Å². The van der Waals surface area contributed by atoms with Gasteiger partial charge in [0.25, 0.3) is 5.78 Å². The SMILES string of the molecule is CN1CCOc2ccc(/C(O)=C3\C(=O)C(=O)N(c4nc5ccccc5s4)C3c3ccc(C(C)(C)C)cc3)cc21. The zero-order valence-electron chi connectivity index (χ0n) is 22.3. The van der Waals surface area contributed by atoms with E-state index in [1.54, 1.807) is 18.2 Å². The summed E-state index contributed by atoms with van der Waals surface area (Å²) in [5.41, 5.74) is 3.84. The number of ketones is 1. The van der Waals surface area contributed by atoms with Gasteiger partial charge in [0.05, 0.1) is 34.1 Å². The molecule has 1 fully saturated rings. The van der Waals surface area contributed by atoms with Crippen LogP contribution in [0.1, 0.15) is 43.5 Å². The number of ether oxygens (including phenoxy) is 1. The molecule has 0 radical (unpaired) electrons. The summed E-state index contributed by atoms with van der Waals surface area (Å²) in [5, 5.41) is 12.0. The van der Waals surface area contributed by atoms with Crippen molar-refractivity contribution in [2.75, 3.05) is 30.0 Å². The summed E-state index contributed by atoms with van der Waals surface area (Å²) in [6.07, 6.45) is 0. The molecule has 39 heavy (non-hydrogen) atoms. The number of thiazole rings is 1. The van der Waals surface area contributed by atoms with Gasteiger partial charge in [0.1, 0.15) is 18.1 Å². The van der Waals surface area contributed by atoms with Crippen LogP contribution < -0.4 is 14.5 Å². The van der Waals surface area contributed by atoms with Gasteiger partial charge in [-0.25, -0.2) is 4.98 Å². The fraction of sp³-hybridized carbons (Fsp3) is 0.258. The Kier molecular flexibility index (Phi) is 5.95. The van der Waals surface area contributed by atoms with E-state index in [0.717, 1.165) is 27.0 Å². The third kappa shape index (κ3) is 4.25. The number of aromatic nitrogens is 1. The van der Waals surface area contributed by atoms with Crippen molar-refractivity contribution in [2.45, 2.75) is 32.2 Å². The van der Waals surface area contributed by atoms with Crippen LogP contribution in [0.2, 0.25) is 0 Å². The van der Waals surface area contributed by atoms with Crippen LogP contribution in [0.4, 0.5) is 10.8 Å². The van der Waals surface area contributed by atoms with Crippen LogP contribution in [0.15, 0.2) is 72.3 Å². The monoisotopic (exact) mass is 539 g/mol. The summed E-state index contributed by atoms with van der Waals surface area (Å²) in [4.78, 5) is 35.4. The molecule has 2 aliphatic heterocycles. The number of hydrogen-bond acceptors (Lipinski definition) is 7. The van der Waals surface area contributed by atoms with Gasteiger partial charge in [-0.2, -0.15) is 0 Å². The Bertz CT molecular complexity index is 1620. The van der Waals surface area contributed by atoms with Gasteiger partial charge in [0.2, 0.25) is 0 Å². The molecule has 1 atom stereocenters. The number of rotatable bonds is 3. The van der Waals surface area contributed by atoms with E-state index in [9.17, 15) is 14.7 Å². The zero-order valence-corrected chi connectivity index (χ0v) is 23.1. The first-order chi connectivity index (χ1) is 18.6. The fourth-order valence-corrected chi connectivity index (χ4v) is 6.12. The molecule has 0 spiro atoms. The topological polar surface area (TPSA) is 83.0 Å². The van der Waals surface area contributed by atoms with E-state index in [0.29, 0.717) is 29.6 Å². The minimum Gasteiger partial charge on any atom is -0.507 e. The standard InChI is InChI=1S/C31H29N3O4S/c1-31(2,3)20-12-9-18(10-13-20)26-25(27(35)19-11-14-23-22(17-19)33(4)15-16-38-23)28(36)29(37)34(26)30-32-21-7-5-6-8-24(21)39-30/h5-14,17,26,35H,15-16H2,1-4H3/b27-25+. The van der Waals surface area contributed by atoms with Crippen molar-refractivity contribution in [1.82, 2.24) is 4.98 Å². The highest BCUT2D eigenvalue weighted by Crippen LogP contribution is 2.45. The molecule has 7 nitrogen and oxygen atoms in total. The molecule has 1 saturated heterocycles. The van der Waals surface area contributed by atoms with Gasteiger partial charge in [0, 0.05) is 12.6 Å². The second kappa shape index (κ2) is 9.24.